The Balaban J connectivity index is 1.96. The Bertz CT molecular complexity index is 1570. The van der Waals surface area contributed by atoms with Crippen LogP contribution in [0.2, 0.25) is 0 Å². The minimum Gasteiger partial charge on any atom is -0.0587 e. The van der Waals surface area contributed by atoms with Gasteiger partial charge < -0.3 is 0 Å². The summed E-state index contributed by atoms with van der Waals surface area (Å²) < 4.78 is 0. The van der Waals surface area contributed by atoms with E-state index in [2.05, 4.69) is 138 Å². The van der Waals surface area contributed by atoms with E-state index in [0.717, 1.165) is 25.7 Å². The number of benzene rings is 3. The van der Waals surface area contributed by atoms with Crippen LogP contribution in [0.3, 0.4) is 0 Å². The van der Waals surface area contributed by atoms with Crippen molar-refractivity contribution in [2.24, 2.45) is 0 Å². The third-order valence-corrected chi connectivity index (χ3v) is 13.0. The van der Waals surface area contributed by atoms with E-state index in [1.165, 1.54) is 0 Å². The molecular weight excluding hydrogens is 625 g/mol. The van der Waals surface area contributed by atoms with Crippen LogP contribution in [-0.4, -0.2) is 0 Å². The van der Waals surface area contributed by atoms with E-state index in [-0.39, 0.29) is 0 Å². The summed E-state index contributed by atoms with van der Waals surface area (Å²) >= 11 is 0. The molecule has 0 radical (unpaired) electrons. The molecule has 0 atom stereocenters. The maximum absolute atomic E-state index is 2.50. The second kappa shape index (κ2) is 15.1. The van der Waals surface area contributed by atoms with Crippen molar-refractivity contribution in [2.45, 2.75) is 223 Å². The molecule has 0 saturated carbocycles. The molecule has 3 aromatic rings. The van der Waals surface area contributed by atoms with E-state index >= 15 is 0 Å². The van der Waals surface area contributed by atoms with Gasteiger partial charge in [-0.2, -0.15) is 0 Å². The normalized spacial score (nSPS) is 14.4. The molecule has 0 heterocycles. The largest absolute Gasteiger partial charge is 0.0587 e. The summed E-state index contributed by atoms with van der Waals surface area (Å²) in [6.07, 6.45) is 4.39. The number of rotatable bonds is 10. The summed E-state index contributed by atoms with van der Waals surface area (Å²) in [6, 6.07) is 0. The molecule has 0 unspecified atom stereocenters. The van der Waals surface area contributed by atoms with E-state index in [1.54, 1.807) is 100 Å². The topological polar surface area (TPSA) is 0 Å². The highest BCUT2D eigenvalue weighted by Crippen LogP contribution is 2.53. The summed E-state index contributed by atoms with van der Waals surface area (Å²) in [6.45, 7) is 49.5. The summed E-state index contributed by atoms with van der Waals surface area (Å²) in [7, 11) is 0. The van der Waals surface area contributed by atoms with Gasteiger partial charge in [0.1, 0.15) is 0 Å². The standard InChI is InChI=1S/C52H78/c1-25(2)43-35-21-39-41(47(29(9)10)51(33(17)18)49(31(13)14)45(39)27(5)6)23-37(35)44(26(3)4)38-24-42-40(22-36(38)43)46(28(7)8)50(32(15)16)52(34(19)20)48(42)30(11)12/h25-34H,21-24H2,1-20H3. The first kappa shape index (κ1) is 40.8. The Morgan fingerprint density at radius 1 is 0.173 bits per heavy atom. The molecule has 0 heteroatoms. The zero-order valence-electron chi connectivity index (χ0n) is 37.6. The van der Waals surface area contributed by atoms with Crippen molar-refractivity contribution in [2.75, 3.05) is 0 Å². The summed E-state index contributed by atoms with van der Waals surface area (Å²) in [5.41, 5.74) is 30.4. The van der Waals surface area contributed by atoms with E-state index < -0.39 is 0 Å². The van der Waals surface area contributed by atoms with Crippen molar-refractivity contribution in [3.8, 4) is 0 Å². The van der Waals surface area contributed by atoms with E-state index in [4.69, 9.17) is 0 Å². The summed E-state index contributed by atoms with van der Waals surface area (Å²) in [4.78, 5) is 0. The van der Waals surface area contributed by atoms with Gasteiger partial charge in [0.15, 0.2) is 0 Å². The smallest absolute Gasteiger partial charge is 0.00140 e. The molecule has 0 amide bonds. The van der Waals surface area contributed by atoms with Crippen LogP contribution in [0.4, 0.5) is 0 Å². The van der Waals surface area contributed by atoms with Gasteiger partial charge in [0.05, 0.1) is 0 Å². The number of hydrogen-bond donors (Lipinski definition) is 0. The molecule has 0 N–H and O–H groups in total. The third-order valence-electron chi connectivity index (χ3n) is 13.0. The average molecular weight is 703 g/mol. The van der Waals surface area contributed by atoms with Crippen molar-refractivity contribution >= 4 is 0 Å². The molecule has 52 heavy (non-hydrogen) atoms. The Kier molecular flexibility index (Phi) is 11.8. The van der Waals surface area contributed by atoms with Crippen LogP contribution in [0.5, 0.6) is 0 Å². The third kappa shape index (κ3) is 6.57. The molecule has 0 nitrogen and oxygen atoms in total. The summed E-state index contributed by atoms with van der Waals surface area (Å²) in [5.74, 6) is 5.10. The molecular formula is C52H78. The Labute approximate surface area is 322 Å². The zero-order valence-corrected chi connectivity index (χ0v) is 37.6. The highest BCUT2D eigenvalue weighted by molar-refractivity contribution is 5.69. The van der Waals surface area contributed by atoms with Gasteiger partial charge in [-0.3, -0.25) is 0 Å². The molecule has 0 bridgehead atoms. The average Bonchev–Trinajstić information content (AvgIpc) is 3.01. The second-order valence-corrected chi connectivity index (χ2v) is 20.2. The van der Waals surface area contributed by atoms with Crippen LogP contribution in [0.25, 0.3) is 0 Å². The predicted molar refractivity (Wildman–Crippen MR) is 231 cm³/mol. The molecule has 3 aromatic carbocycles. The minimum atomic E-state index is 0.491. The fraction of sp³-hybridized carbons (Fsp3) is 0.654. The van der Waals surface area contributed by atoms with Crippen LogP contribution in [0, 0.1) is 0 Å². The van der Waals surface area contributed by atoms with Crippen LogP contribution in [-0.2, 0) is 25.7 Å². The highest BCUT2D eigenvalue weighted by atomic mass is 14.4. The number of hydrogen-bond acceptors (Lipinski definition) is 0. The quantitative estimate of drug-likeness (QED) is 0.136. The number of fused-ring (bicyclic) bond motifs is 4. The Hall–Kier alpha value is -2.34. The fourth-order valence-electron chi connectivity index (χ4n) is 11.7. The van der Waals surface area contributed by atoms with Crippen LogP contribution in [0.15, 0.2) is 0 Å². The first-order chi connectivity index (χ1) is 24.1. The predicted octanol–water partition coefficient (Wildman–Crippen LogP) is 15.9. The molecule has 0 spiro atoms. The van der Waals surface area contributed by atoms with Crippen molar-refractivity contribution in [3.05, 3.63) is 100 Å². The molecule has 0 saturated heterocycles. The molecule has 2 aliphatic rings. The van der Waals surface area contributed by atoms with Crippen molar-refractivity contribution in [1.29, 1.82) is 0 Å². The molecule has 0 fully saturated rings. The van der Waals surface area contributed by atoms with Gasteiger partial charge in [0.2, 0.25) is 0 Å². The maximum atomic E-state index is 2.50. The molecule has 286 valence electrons. The Morgan fingerprint density at radius 3 is 0.404 bits per heavy atom. The Morgan fingerprint density at radius 2 is 0.288 bits per heavy atom. The molecule has 5 rings (SSSR count). The lowest BCUT2D eigenvalue weighted by Crippen LogP contribution is -2.27. The lowest BCUT2D eigenvalue weighted by atomic mass is 9.63. The fourth-order valence-corrected chi connectivity index (χ4v) is 11.7. The van der Waals surface area contributed by atoms with Crippen LogP contribution >= 0.6 is 0 Å². The zero-order chi connectivity index (χ0) is 39.0. The van der Waals surface area contributed by atoms with Gasteiger partial charge >= 0.3 is 0 Å². The van der Waals surface area contributed by atoms with E-state index in [1.807, 2.05) is 0 Å². The van der Waals surface area contributed by atoms with Gasteiger partial charge in [-0.1, -0.05) is 138 Å². The van der Waals surface area contributed by atoms with Crippen molar-refractivity contribution in [1.82, 2.24) is 0 Å². The lowest BCUT2D eigenvalue weighted by Gasteiger charge is -2.41. The maximum Gasteiger partial charge on any atom is -0.00140 e. The second-order valence-electron chi connectivity index (χ2n) is 20.2. The summed E-state index contributed by atoms with van der Waals surface area (Å²) in [5, 5.41) is 0. The van der Waals surface area contributed by atoms with Crippen LogP contribution < -0.4 is 0 Å². The molecule has 0 aromatic heterocycles. The first-order valence-electron chi connectivity index (χ1n) is 21.8. The molecule has 2 aliphatic carbocycles. The van der Waals surface area contributed by atoms with E-state index in [9.17, 15) is 0 Å². The monoisotopic (exact) mass is 703 g/mol. The molecule has 0 aliphatic heterocycles. The van der Waals surface area contributed by atoms with Crippen molar-refractivity contribution in [3.63, 3.8) is 0 Å². The van der Waals surface area contributed by atoms with Crippen molar-refractivity contribution < 1.29 is 0 Å². The van der Waals surface area contributed by atoms with Gasteiger partial charge in [-0.05, 0) is 185 Å². The SMILES string of the molecule is CC(C)c1c2c(c(C(C)C)c3c1Cc1c(c(C(C)C)c(C(C)C)c(C(C)C)c1C(C)C)C3)Cc1c(c(C(C)C)c(C(C)C)c(C(C)C)c1C(C)C)C2. The van der Waals surface area contributed by atoms with Crippen LogP contribution in [0.1, 0.15) is 298 Å². The van der Waals surface area contributed by atoms with Gasteiger partial charge in [-0.15, -0.1) is 0 Å². The van der Waals surface area contributed by atoms with Gasteiger partial charge in [-0.25, -0.2) is 0 Å². The van der Waals surface area contributed by atoms with E-state index in [0.29, 0.717) is 59.2 Å². The van der Waals surface area contributed by atoms with Gasteiger partial charge in [0, 0.05) is 0 Å². The lowest BCUT2D eigenvalue weighted by molar-refractivity contribution is 0.684. The first-order valence-corrected chi connectivity index (χ1v) is 21.8. The van der Waals surface area contributed by atoms with Gasteiger partial charge in [0.25, 0.3) is 0 Å². The highest BCUT2D eigenvalue weighted by Gasteiger charge is 2.38. The minimum absolute atomic E-state index is 0.491.